The quantitative estimate of drug-likeness (QED) is 0.818. The maximum Gasteiger partial charge on any atom is 0.254 e. The fourth-order valence-electron chi connectivity index (χ4n) is 3.51. The Balaban J connectivity index is 1.82. The van der Waals surface area contributed by atoms with Crippen molar-refractivity contribution in [2.45, 2.75) is 32.4 Å². The van der Waals surface area contributed by atoms with Gasteiger partial charge in [-0.1, -0.05) is 37.3 Å². The highest BCUT2D eigenvalue weighted by Gasteiger charge is 2.31. The standard InChI is InChI=1S/C22H22FN3O2/c1-2-20-15-25(22(28)18-10-17(13-24)11-19(23)12-18)9-8-21(27)26(20)14-16-6-4-3-5-7-16/h3-7,10-12,20H,2,8-9,14-15H2,1H3/t20-/m1/s1. The first-order chi connectivity index (χ1) is 13.5. The van der Waals surface area contributed by atoms with Gasteiger partial charge in [-0.05, 0) is 30.2 Å². The lowest BCUT2D eigenvalue weighted by Crippen LogP contribution is -2.43. The van der Waals surface area contributed by atoms with E-state index in [2.05, 4.69) is 0 Å². The van der Waals surface area contributed by atoms with Gasteiger partial charge >= 0.3 is 0 Å². The third kappa shape index (κ3) is 4.37. The second-order valence-electron chi connectivity index (χ2n) is 6.91. The van der Waals surface area contributed by atoms with Crippen molar-refractivity contribution in [1.29, 1.82) is 5.26 Å². The summed E-state index contributed by atoms with van der Waals surface area (Å²) in [6.45, 7) is 3.14. The van der Waals surface area contributed by atoms with E-state index in [1.807, 2.05) is 48.2 Å². The van der Waals surface area contributed by atoms with E-state index in [4.69, 9.17) is 5.26 Å². The van der Waals surface area contributed by atoms with Crippen LogP contribution in [0, 0.1) is 17.1 Å². The first-order valence-electron chi connectivity index (χ1n) is 9.35. The predicted molar refractivity (Wildman–Crippen MR) is 103 cm³/mol. The average molecular weight is 379 g/mol. The highest BCUT2D eigenvalue weighted by Crippen LogP contribution is 2.20. The summed E-state index contributed by atoms with van der Waals surface area (Å²) in [5.74, 6) is -0.974. The normalized spacial score (nSPS) is 17.2. The molecule has 2 amide bonds. The zero-order valence-electron chi connectivity index (χ0n) is 15.8. The molecule has 0 N–H and O–H groups in total. The highest BCUT2D eigenvalue weighted by atomic mass is 19.1. The summed E-state index contributed by atoms with van der Waals surface area (Å²) in [6.07, 6.45) is 0.921. The van der Waals surface area contributed by atoms with E-state index in [1.54, 1.807) is 4.90 Å². The maximum absolute atomic E-state index is 13.7. The van der Waals surface area contributed by atoms with Gasteiger partial charge in [-0.3, -0.25) is 9.59 Å². The Bertz CT molecular complexity index is 908. The minimum atomic E-state index is -0.619. The molecule has 0 spiro atoms. The van der Waals surface area contributed by atoms with Crippen LogP contribution in [0.1, 0.15) is 41.3 Å². The van der Waals surface area contributed by atoms with Crippen LogP contribution in [0.4, 0.5) is 4.39 Å². The van der Waals surface area contributed by atoms with Gasteiger partial charge in [0.05, 0.1) is 11.6 Å². The summed E-state index contributed by atoms with van der Waals surface area (Å²) in [5, 5.41) is 9.02. The van der Waals surface area contributed by atoms with Gasteiger partial charge in [0.25, 0.3) is 5.91 Å². The fourth-order valence-corrected chi connectivity index (χ4v) is 3.51. The number of carbonyl (C=O) groups is 2. The second-order valence-corrected chi connectivity index (χ2v) is 6.91. The molecule has 0 bridgehead atoms. The van der Waals surface area contributed by atoms with Gasteiger partial charge in [-0.15, -0.1) is 0 Å². The molecule has 5 nitrogen and oxygen atoms in total. The van der Waals surface area contributed by atoms with Crippen LogP contribution in [-0.4, -0.2) is 40.7 Å². The first kappa shape index (κ1) is 19.6. The molecule has 0 aromatic heterocycles. The summed E-state index contributed by atoms with van der Waals surface area (Å²) >= 11 is 0. The Morgan fingerprint density at radius 2 is 2.00 bits per heavy atom. The lowest BCUT2D eigenvalue weighted by atomic mass is 10.1. The van der Waals surface area contributed by atoms with Crippen molar-refractivity contribution >= 4 is 11.8 Å². The van der Waals surface area contributed by atoms with Gasteiger partial charge in [0.2, 0.25) is 5.91 Å². The van der Waals surface area contributed by atoms with Crippen molar-refractivity contribution in [3.05, 3.63) is 71.0 Å². The van der Waals surface area contributed by atoms with Gasteiger partial charge < -0.3 is 9.80 Å². The molecule has 144 valence electrons. The number of rotatable bonds is 4. The summed E-state index contributed by atoms with van der Waals surface area (Å²) in [7, 11) is 0. The van der Waals surface area contributed by atoms with Crippen LogP contribution in [0.15, 0.2) is 48.5 Å². The predicted octanol–water partition coefficient (Wildman–Crippen LogP) is 3.35. The van der Waals surface area contributed by atoms with Gasteiger partial charge in [0.15, 0.2) is 0 Å². The molecular weight excluding hydrogens is 357 g/mol. The minimum Gasteiger partial charge on any atom is -0.336 e. The molecule has 28 heavy (non-hydrogen) atoms. The number of halogens is 1. The van der Waals surface area contributed by atoms with Gasteiger partial charge in [-0.2, -0.15) is 5.26 Å². The third-order valence-electron chi connectivity index (χ3n) is 5.02. The third-order valence-corrected chi connectivity index (χ3v) is 5.02. The molecule has 0 saturated carbocycles. The zero-order chi connectivity index (χ0) is 20.1. The molecule has 0 radical (unpaired) electrons. The molecule has 1 aliphatic heterocycles. The molecule has 1 heterocycles. The van der Waals surface area contributed by atoms with E-state index >= 15 is 0 Å². The second kappa shape index (κ2) is 8.66. The number of nitrogens with zero attached hydrogens (tertiary/aromatic N) is 3. The minimum absolute atomic E-state index is 0.00274. The van der Waals surface area contributed by atoms with Crippen LogP contribution in [0.25, 0.3) is 0 Å². The van der Waals surface area contributed by atoms with Crippen molar-refractivity contribution in [3.63, 3.8) is 0 Å². The van der Waals surface area contributed by atoms with E-state index in [1.165, 1.54) is 6.07 Å². The molecule has 1 aliphatic rings. The SMILES string of the molecule is CC[C@@H]1CN(C(=O)c2cc(F)cc(C#N)c2)CCC(=O)N1Cc1ccccc1. The van der Waals surface area contributed by atoms with Crippen LogP contribution in [-0.2, 0) is 11.3 Å². The Morgan fingerprint density at radius 1 is 1.25 bits per heavy atom. The van der Waals surface area contributed by atoms with E-state index in [0.717, 1.165) is 17.7 Å². The number of hydrogen-bond donors (Lipinski definition) is 0. The van der Waals surface area contributed by atoms with Crippen LogP contribution in [0.3, 0.4) is 0 Å². The van der Waals surface area contributed by atoms with Crippen LogP contribution >= 0.6 is 0 Å². The lowest BCUT2D eigenvalue weighted by molar-refractivity contribution is -0.133. The largest absolute Gasteiger partial charge is 0.336 e. The fraction of sp³-hybridized carbons (Fsp3) is 0.318. The molecule has 0 aliphatic carbocycles. The van der Waals surface area contributed by atoms with Crippen molar-refractivity contribution in [1.82, 2.24) is 9.80 Å². The zero-order valence-corrected chi connectivity index (χ0v) is 15.8. The van der Waals surface area contributed by atoms with Crippen molar-refractivity contribution in [2.75, 3.05) is 13.1 Å². The molecule has 0 unspecified atom stereocenters. The lowest BCUT2D eigenvalue weighted by Gasteiger charge is -2.31. The average Bonchev–Trinajstić information content (AvgIpc) is 2.87. The molecule has 3 rings (SSSR count). The molecule has 1 saturated heterocycles. The number of carbonyl (C=O) groups excluding carboxylic acids is 2. The summed E-state index contributed by atoms with van der Waals surface area (Å²) < 4.78 is 13.7. The Labute approximate surface area is 164 Å². The summed E-state index contributed by atoms with van der Waals surface area (Å²) in [6, 6.07) is 15.1. The molecule has 2 aromatic carbocycles. The molecular formula is C22H22FN3O2. The monoisotopic (exact) mass is 379 g/mol. The van der Waals surface area contributed by atoms with Crippen LogP contribution in [0.2, 0.25) is 0 Å². The van der Waals surface area contributed by atoms with Crippen LogP contribution in [0.5, 0.6) is 0 Å². The number of amides is 2. The Morgan fingerprint density at radius 3 is 2.68 bits per heavy atom. The summed E-state index contributed by atoms with van der Waals surface area (Å²) in [5.41, 5.74) is 1.28. The van der Waals surface area contributed by atoms with Crippen molar-refractivity contribution < 1.29 is 14.0 Å². The highest BCUT2D eigenvalue weighted by molar-refractivity contribution is 5.95. The van der Waals surface area contributed by atoms with Crippen LogP contribution < -0.4 is 0 Å². The summed E-state index contributed by atoms with van der Waals surface area (Å²) in [4.78, 5) is 29.1. The molecule has 1 fully saturated rings. The van der Waals surface area contributed by atoms with E-state index in [9.17, 15) is 14.0 Å². The topological polar surface area (TPSA) is 64.4 Å². The number of nitriles is 1. The molecule has 1 atom stereocenters. The number of benzene rings is 2. The molecule has 2 aromatic rings. The first-order valence-corrected chi connectivity index (χ1v) is 9.35. The van der Waals surface area contributed by atoms with Crippen molar-refractivity contribution in [2.24, 2.45) is 0 Å². The van der Waals surface area contributed by atoms with E-state index in [0.29, 0.717) is 19.5 Å². The van der Waals surface area contributed by atoms with Gasteiger partial charge in [0.1, 0.15) is 5.82 Å². The molecule has 6 heteroatoms. The maximum atomic E-state index is 13.7. The smallest absolute Gasteiger partial charge is 0.254 e. The Hall–Kier alpha value is -3.20. The van der Waals surface area contributed by atoms with Crippen molar-refractivity contribution in [3.8, 4) is 6.07 Å². The van der Waals surface area contributed by atoms with Gasteiger partial charge in [-0.25, -0.2) is 4.39 Å². The number of hydrogen-bond acceptors (Lipinski definition) is 3. The van der Waals surface area contributed by atoms with E-state index < -0.39 is 5.82 Å². The van der Waals surface area contributed by atoms with Gasteiger partial charge in [0, 0.05) is 37.7 Å². The Kier molecular flexibility index (Phi) is 6.05. The van der Waals surface area contributed by atoms with E-state index in [-0.39, 0.29) is 41.9 Å².